The van der Waals surface area contributed by atoms with Crippen LogP contribution >= 0.6 is 0 Å². The average Bonchev–Trinajstić information content (AvgIpc) is 3.00. The van der Waals surface area contributed by atoms with Crippen LogP contribution in [0.4, 0.5) is 10.1 Å². The molecule has 3 aromatic rings. The summed E-state index contributed by atoms with van der Waals surface area (Å²) in [6.45, 7) is 2.03. The largest absolute Gasteiger partial charge is 0.496 e. The van der Waals surface area contributed by atoms with Crippen LogP contribution in [-0.4, -0.2) is 23.8 Å². The summed E-state index contributed by atoms with van der Waals surface area (Å²) in [4.78, 5) is 27.8. The van der Waals surface area contributed by atoms with Crippen LogP contribution < -0.4 is 10.1 Å². The molecule has 0 spiro atoms. The molecule has 1 aliphatic rings. The summed E-state index contributed by atoms with van der Waals surface area (Å²) in [6, 6.07) is 20.3. The number of imide groups is 1. The smallest absolute Gasteiger partial charge is 0.278 e. The van der Waals surface area contributed by atoms with E-state index in [9.17, 15) is 14.0 Å². The fraction of sp³-hybridized carbons (Fsp3) is 0.120. The van der Waals surface area contributed by atoms with E-state index >= 15 is 0 Å². The van der Waals surface area contributed by atoms with Gasteiger partial charge in [0.05, 0.1) is 19.2 Å². The molecule has 0 atom stereocenters. The van der Waals surface area contributed by atoms with Crippen molar-refractivity contribution in [2.24, 2.45) is 0 Å². The Kier molecular flexibility index (Phi) is 5.54. The molecule has 1 N–H and O–H groups in total. The summed E-state index contributed by atoms with van der Waals surface area (Å²) < 4.78 is 18.8. The zero-order valence-electron chi connectivity index (χ0n) is 17.2. The third-order valence-corrected chi connectivity index (χ3v) is 5.14. The second-order valence-electron chi connectivity index (χ2n) is 7.26. The van der Waals surface area contributed by atoms with E-state index in [-0.39, 0.29) is 17.8 Å². The highest BCUT2D eigenvalue weighted by Gasteiger charge is 2.39. The highest BCUT2D eigenvalue weighted by Crippen LogP contribution is 2.32. The molecule has 1 heterocycles. The Balaban J connectivity index is 1.74. The predicted octanol–water partition coefficient (Wildman–Crippen LogP) is 4.53. The lowest BCUT2D eigenvalue weighted by molar-refractivity contribution is -0.137. The molecule has 3 aromatic carbocycles. The summed E-state index contributed by atoms with van der Waals surface area (Å²) >= 11 is 0. The lowest BCUT2D eigenvalue weighted by atomic mass is 10.0. The van der Waals surface area contributed by atoms with Crippen LogP contribution in [0, 0.1) is 12.7 Å². The molecule has 6 heteroatoms. The van der Waals surface area contributed by atoms with Gasteiger partial charge in [-0.3, -0.25) is 14.5 Å². The molecule has 2 amide bonds. The van der Waals surface area contributed by atoms with Gasteiger partial charge in [-0.15, -0.1) is 0 Å². The quantitative estimate of drug-likeness (QED) is 0.600. The molecular formula is C25H21FN2O3. The second kappa shape index (κ2) is 8.44. The maximum atomic E-state index is 13.5. The maximum absolute atomic E-state index is 13.5. The number of ether oxygens (including phenoxy) is 1. The molecule has 156 valence electrons. The number of methoxy groups -OCH3 is 1. The number of hydrogen-bond donors (Lipinski definition) is 1. The Hall–Kier alpha value is -3.93. The molecule has 0 aromatic heterocycles. The maximum Gasteiger partial charge on any atom is 0.278 e. The third kappa shape index (κ3) is 4.05. The molecule has 4 rings (SSSR count). The van der Waals surface area contributed by atoms with Gasteiger partial charge in [-0.25, -0.2) is 4.39 Å². The molecule has 0 bridgehead atoms. The molecule has 0 aliphatic carbocycles. The zero-order valence-corrected chi connectivity index (χ0v) is 17.2. The summed E-state index contributed by atoms with van der Waals surface area (Å²) in [5.41, 5.74) is 3.31. The van der Waals surface area contributed by atoms with Gasteiger partial charge in [0.1, 0.15) is 17.3 Å². The Morgan fingerprint density at radius 2 is 1.58 bits per heavy atom. The number of benzene rings is 3. The summed E-state index contributed by atoms with van der Waals surface area (Å²) in [5, 5.41) is 3.10. The summed E-state index contributed by atoms with van der Waals surface area (Å²) in [7, 11) is 1.54. The number of aryl methyl sites for hydroxylation is 1. The van der Waals surface area contributed by atoms with Crippen LogP contribution in [-0.2, 0) is 16.1 Å². The van der Waals surface area contributed by atoms with Gasteiger partial charge in [-0.2, -0.15) is 0 Å². The van der Waals surface area contributed by atoms with Gasteiger partial charge in [0.2, 0.25) is 0 Å². The van der Waals surface area contributed by atoms with Crippen molar-refractivity contribution in [1.29, 1.82) is 0 Å². The van der Waals surface area contributed by atoms with E-state index in [0.29, 0.717) is 22.6 Å². The number of anilines is 1. The number of nitrogens with zero attached hydrogens (tertiary/aromatic N) is 1. The van der Waals surface area contributed by atoms with E-state index in [1.54, 1.807) is 13.2 Å². The van der Waals surface area contributed by atoms with E-state index in [4.69, 9.17) is 4.74 Å². The predicted molar refractivity (Wildman–Crippen MR) is 117 cm³/mol. The van der Waals surface area contributed by atoms with Gasteiger partial charge in [0.15, 0.2) is 0 Å². The van der Waals surface area contributed by atoms with Crippen LogP contribution in [0.15, 0.2) is 78.5 Å². The first-order valence-corrected chi connectivity index (χ1v) is 9.80. The van der Waals surface area contributed by atoms with E-state index in [1.165, 1.54) is 29.2 Å². The SMILES string of the molecule is COc1ccccc1CN1C(=O)C(Nc2ccc(C)cc2)=C(c2ccc(F)cc2)C1=O. The van der Waals surface area contributed by atoms with Gasteiger partial charge < -0.3 is 10.1 Å². The van der Waals surface area contributed by atoms with Crippen molar-refractivity contribution in [1.82, 2.24) is 4.90 Å². The lowest BCUT2D eigenvalue weighted by Crippen LogP contribution is -2.32. The van der Waals surface area contributed by atoms with Crippen LogP contribution in [0.25, 0.3) is 5.57 Å². The minimum absolute atomic E-state index is 0.0610. The number of nitrogens with one attached hydrogen (secondary N) is 1. The number of hydrogen-bond acceptors (Lipinski definition) is 4. The van der Waals surface area contributed by atoms with Gasteiger partial charge in [0.25, 0.3) is 11.8 Å². The van der Waals surface area contributed by atoms with Crippen molar-refractivity contribution in [2.75, 3.05) is 12.4 Å². The van der Waals surface area contributed by atoms with Crippen molar-refractivity contribution in [3.8, 4) is 5.75 Å². The molecule has 0 unspecified atom stereocenters. The normalized spacial score (nSPS) is 13.7. The highest BCUT2D eigenvalue weighted by atomic mass is 19.1. The van der Waals surface area contributed by atoms with Crippen LogP contribution in [0.3, 0.4) is 0 Å². The molecule has 0 radical (unpaired) electrons. The van der Waals surface area contributed by atoms with Crippen molar-refractivity contribution >= 4 is 23.1 Å². The highest BCUT2D eigenvalue weighted by molar-refractivity contribution is 6.36. The Bertz CT molecular complexity index is 1170. The number of rotatable bonds is 6. The van der Waals surface area contributed by atoms with Crippen LogP contribution in [0.5, 0.6) is 5.75 Å². The fourth-order valence-corrected chi connectivity index (χ4v) is 3.51. The number of carbonyl (C=O) groups is 2. The average molecular weight is 416 g/mol. The third-order valence-electron chi connectivity index (χ3n) is 5.14. The molecular weight excluding hydrogens is 395 g/mol. The Labute approximate surface area is 179 Å². The first-order valence-electron chi connectivity index (χ1n) is 9.80. The number of amides is 2. The van der Waals surface area contributed by atoms with E-state index in [2.05, 4.69) is 5.32 Å². The Morgan fingerprint density at radius 3 is 2.26 bits per heavy atom. The zero-order chi connectivity index (χ0) is 22.0. The first kappa shape index (κ1) is 20.3. The molecule has 0 fully saturated rings. The van der Waals surface area contributed by atoms with Crippen molar-refractivity contribution in [3.63, 3.8) is 0 Å². The second-order valence-corrected chi connectivity index (χ2v) is 7.26. The first-order chi connectivity index (χ1) is 15.0. The van der Waals surface area contributed by atoms with Gasteiger partial charge >= 0.3 is 0 Å². The molecule has 0 saturated carbocycles. The van der Waals surface area contributed by atoms with Crippen molar-refractivity contribution in [2.45, 2.75) is 13.5 Å². The number of halogens is 1. The van der Waals surface area contributed by atoms with Crippen molar-refractivity contribution < 1.29 is 18.7 Å². The van der Waals surface area contributed by atoms with E-state index < -0.39 is 17.6 Å². The summed E-state index contributed by atoms with van der Waals surface area (Å²) in [6.07, 6.45) is 0. The standard InChI is InChI=1S/C25H21FN2O3/c1-16-7-13-20(14-8-16)27-23-22(17-9-11-19(26)12-10-17)24(29)28(25(23)30)15-18-5-3-4-6-21(18)31-2/h3-14,27H,15H2,1-2H3. The van der Waals surface area contributed by atoms with Gasteiger partial charge in [-0.1, -0.05) is 48.0 Å². The fourth-order valence-electron chi connectivity index (χ4n) is 3.51. The summed E-state index contributed by atoms with van der Waals surface area (Å²) in [5.74, 6) is -0.723. The van der Waals surface area contributed by atoms with Crippen LogP contribution in [0.1, 0.15) is 16.7 Å². The van der Waals surface area contributed by atoms with Crippen LogP contribution in [0.2, 0.25) is 0 Å². The molecule has 5 nitrogen and oxygen atoms in total. The monoisotopic (exact) mass is 416 g/mol. The number of carbonyl (C=O) groups excluding carboxylic acids is 2. The van der Waals surface area contributed by atoms with E-state index in [0.717, 1.165) is 5.56 Å². The van der Waals surface area contributed by atoms with Gasteiger partial charge in [-0.05, 0) is 42.8 Å². The van der Waals surface area contributed by atoms with Gasteiger partial charge in [0, 0.05) is 11.3 Å². The van der Waals surface area contributed by atoms with Crippen molar-refractivity contribution in [3.05, 3.63) is 101 Å². The minimum Gasteiger partial charge on any atom is -0.496 e. The topological polar surface area (TPSA) is 58.6 Å². The minimum atomic E-state index is -0.448. The van der Waals surface area contributed by atoms with E-state index in [1.807, 2.05) is 49.4 Å². The number of para-hydroxylation sites is 1. The Morgan fingerprint density at radius 1 is 0.903 bits per heavy atom. The molecule has 31 heavy (non-hydrogen) atoms. The molecule has 0 saturated heterocycles. The lowest BCUT2D eigenvalue weighted by Gasteiger charge is -2.17. The molecule has 1 aliphatic heterocycles.